The summed E-state index contributed by atoms with van der Waals surface area (Å²) in [5.74, 6) is -0.474. The van der Waals surface area contributed by atoms with Crippen molar-refractivity contribution in [1.29, 1.82) is 0 Å². The second kappa shape index (κ2) is 5.44. The summed E-state index contributed by atoms with van der Waals surface area (Å²) >= 11 is 0. The van der Waals surface area contributed by atoms with E-state index in [0.29, 0.717) is 11.3 Å². The first-order valence-electron chi connectivity index (χ1n) is 6.08. The Balaban J connectivity index is 2.60. The molecule has 0 saturated heterocycles. The summed E-state index contributed by atoms with van der Waals surface area (Å²) in [5.41, 5.74) is 19.9. The summed E-state index contributed by atoms with van der Waals surface area (Å²) in [7, 11) is 0. The fourth-order valence-corrected chi connectivity index (χ4v) is 1.99. The van der Waals surface area contributed by atoms with Crippen LogP contribution in [0.2, 0.25) is 0 Å². The predicted molar refractivity (Wildman–Crippen MR) is 80.6 cm³/mol. The minimum absolute atomic E-state index is 0.00608. The Morgan fingerprint density at radius 3 is 2.40 bits per heavy atom. The fourth-order valence-electron chi connectivity index (χ4n) is 1.99. The summed E-state index contributed by atoms with van der Waals surface area (Å²) in [4.78, 5) is 15.6. The number of rotatable bonds is 3. The molecule has 20 heavy (non-hydrogen) atoms. The van der Waals surface area contributed by atoms with Crippen molar-refractivity contribution in [1.82, 2.24) is 0 Å². The van der Waals surface area contributed by atoms with Gasteiger partial charge >= 0.3 is 0 Å². The van der Waals surface area contributed by atoms with Gasteiger partial charge in [-0.3, -0.25) is 4.79 Å². The molecule has 0 aliphatic rings. The Morgan fingerprint density at radius 2 is 1.75 bits per heavy atom. The Morgan fingerprint density at radius 1 is 1.05 bits per heavy atom. The Kier molecular flexibility index (Phi) is 3.70. The van der Waals surface area contributed by atoms with Crippen LogP contribution in [0.25, 0.3) is 11.1 Å². The van der Waals surface area contributed by atoms with Crippen LogP contribution < -0.4 is 17.2 Å². The lowest BCUT2D eigenvalue weighted by molar-refractivity contribution is 0.100. The number of carbonyl (C=O) groups is 1. The van der Waals surface area contributed by atoms with Crippen LogP contribution in [0.4, 0.5) is 5.69 Å². The first-order valence-corrected chi connectivity index (χ1v) is 6.08. The lowest BCUT2D eigenvalue weighted by Crippen LogP contribution is -2.22. The molecule has 0 aliphatic carbocycles. The van der Waals surface area contributed by atoms with Gasteiger partial charge in [0.25, 0.3) is 0 Å². The highest BCUT2D eigenvalue weighted by molar-refractivity contribution is 6.00. The molecule has 1 amide bonds. The van der Waals surface area contributed by atoms with Gasteiger partial charge in [0.1, 0.15) is 0 Å². The molecule has 2 aromatic rings. The van der Waals surface area contributed by atoms with Gasteiger partial charge in [0.15, 0.2) is 5.96 Å². The van der Waals surface area contributed by atoms with Gasteiger partial charge in [0.2, 0.25) is 5.91 Å². The van der Waals surface area contributed by atoms with Crippen LogP contribution in [0.5, 0.6) is 0 Å². The van der Waals surface area contributed by atoms with Crippen LogP contribution in [0.1, 0.15) is 15.9 Å². The molecule has 0 fully saturated rings. The van der Waals surface area contributed by atoms with Gasteiger partial charge in [0, 0.05) is 5.56 Å². The molecule has 2 rings (SSSR count). The first-order chi connectivity index (χ1) is 9.49. The lowest BCUT2D eigenvalue weighted by atomic mass is 9.97. The number of nitrogens with two attached hydrogens (primary N) is 3. The first kappa shape index (κ1) is 13.6. The minimum atomic E-state index is -0.468. The molecule has 0 heterocycles. The molecule has 0 atom stereocenters. The summed E-state index contributed by atoms with van der Waals surface area (Å²) in [6.07, 6.45) is 0. The normalized spacial score (nSPS) is 10.1. The maximum absolute atomic E-state index is 11.5. The van der Waals surface area contributed by atoms with Crippen LogP contribution in [-0.4, -0.2) is 11.9 Å². The number of hydrogen-bond acceptors (Lipinski definition) is 2. The van der Waals surface area contributed by atoms with Crippen LogP contribution in [-0.2, 0) is 0 Å². The average molecular weight is 268 g/mol. The molecule has 0 saturated carbocycles. The topological polar surface area (TPSA) is 107 Å². The number of primary amides is 1. The summed E-state index contributed by atoms with van der Waals surface area (Å²) in [6.45, 7) is 1.91. The molecule has 0 unspecified atom stereocenters. The van der Waals surface area contributed by atoms with E-state index in [1.54, 1.807) is 12.1 Å². The van der Waals surface area contributed by atoms with E-state index in [4.69, 9.17) is 17.2 Å². The van der Waals surface area contributed by atoms with Crippen LogP contribution in [0.15, 0.2) is 47.5 Å². The third kappa shape index (κ3) is 2.77. The number of guanidine groups is 1. The van der Waals surface area contributed by atoms with E-state index in [2.05, 4.69) is 4.99 Å². The minimum Gasteiger partial charge on any atom is -0.370 e. The van der Waals surface area contributed by atoms with Crippen molar-refractivity contribution in [2.24, 2.45) is 22.2 Å². The lowest BCUT2D eigenvalue weighted by Gasteiger charge is -2.09. The highest BCUT2D eigenvalue weighted by atomic mass is 16.1. The van der Waals surface area contributed by atoms with Crippen molar-refractivity contribution < 1.29 is 4.79 Å². The summed E-state index contributed by atoms with van der Waals surface area (Å²) in [6, 6.07) is 12.8. The number of nitrogens with zero attached hydrogens (tertiary/aromatic N) is 1. The van der Waals surface area contributed by atoms with E-state index in [0.717, 1.165) is 16.7 Å². The van der Waals surface area contributed by atoms with E-state index < -0.39 is 5.91 Å². The van der Waals surface area contributed by atoms with Crippen LogP contribution >= 0.6 is 0 Å². The van der Waals surface area contributed by atoms with Crippen molar-refractivity contribution >= 4 is 17.6 Å². The van der Waals surface area contributed by atoms with Crippen molar-refractivity contribution in [2.75, 3.05) is 0 Å². The molecule has 102 valence electrons. The quantitative estimate of drug-likeness (QED) is 0.582. The maximum atomic E-state index is 11.5. The van der Waals surface area contributed by atoms with Gasteiger partial charge in [-0.2, -0.15) is 0 Å². The molecule has 5 heteroatoms. The zero-order valence-corrected chi connectivity index (χ0v) is 11.1. The van der Waals surface area contributed by atoms with Crippen molar-refractivity contribution in [3.8, 4) is 11.1 Å². The van der Waals surface area contributed by atoms with E-state index >= 15 is 0 Å². The van der Waals surface area contributed by atoms with Gasteiger partial charge in [-0.15, -0.1) is 0 Å². The monoisotopic (exact) mass is 268 g/mol. The zero-order valence-electron chi connectivity index (χ0n) is 11.1. The Bertz CT molecular complexity index is 688. The van der Waals surface area contributed by atoms with E-state index in [9.17, 15) is 4.79 Å². The molecule has 0 bridgehead atoms. The number of aliphatic imine (C=N–C) groups is 1. The number of carbonyl (C=O) groups excluding carboxylic acids is 1. The van der Waals surface area contributed by atoms with Crippen LogP contribution in [0.3, 0.4) is 0 Å². The summed E-state index contributed by atoms with van der Waals surface area (Å²) in [5, 5.41) is 0. The largest absolute Gasteiger partial charge is 0.370 e. The SMILES string of the molecule is Cc1ccc(-c2ccccc2C(N)=O)cc1N=C(N)N. The standard InChI is InChI=1S/C15H16N4O/c1-9-6-7-10(8-13(9)19-15(17)18)11-4-2-3-5-12(11)14(16)20/h2-8H,1H3,(H2,16,20)(H4,17,18,19). The van der Waals surface area contributed by atoms with Gasteiger partial charge in [-0.05, 0) is 35.7 Å². The van der Waals surface area contributed by atoms with Gasteiger partial charge in [-0.1, -0.05) is 30.3 Å². The summed E-state index contributed by atoms with van der Waals surface area (Å²) < 4.78 is 0. The highest BCUT2D eigenvalue weighted by Crippen LogP contribution is 2.29. The molecular weight excluding hydrogens is 252 g/mol. The molecule has 5 nitrogen and oxygen atoms in total. The molecular formula is C15H16N4O. The Labute approximate surface area is 117 Å². The number of hydrogen-bond donors (Lipinski definition) is 3. The molecule has 0 radical (unpaired) electrons. The molecule has 2 aromatic carbocycles. The molecule has 0 aliphatic heterocycles. The third-order valence-electron chi connectivity index (χ3n) is 2.96. The number of amides is 1. The smallest absolute Gasteiger partial charge is 0.249 e. The number of aryl methyl sites for hydroxylation is 1. The van der Waals surface area contributed by atoms with Gasteiger partial charge in [-0.25, -0.2) is 4.99 Å². The molecule has 0 spiro atoms. The predicted octanol–water partition coefficient (Wildman–Crippen LogP) is 1.67. The van der Waals surface area contributed by atoms with E-state index in [1.807, 2.05) is 37.3 Å². The van der Waals surface area contributed by atoms with E-state index in [-0.39, 0.29) is 5.96 Å². The maximum Gasteiger partial charge on any atom is 0.249 e. The zero-order chi connectivity index (χ0) is 14.7. The highest BCUT2D eigenvalue weighted by Gasteiger charge is 2.10. The molecule has 0 aromatic heterocycles. The van der Waals surface area contributed by atoms with Crippen molar-refractivity contribution in [2.45, 2.75) is 6.92 Å². The van der Waals surface area contributed by atoms with Crippen molar-refractivity contribution in [3.05, 3.63) is 53.6 Å². The number of benzene rings is 2. The van der Waals surface area contributed by atoms with E-state index in [1.165, 1.54) is 0 Å². The fraction of sp³-hybridized carbons (Fsp3) is 0.0667. The Hall–Kier alpha value is -2.82. The van der Waals surface area contributed by atoms with Gasteiger partial charge in [0.05, 0.1) is 5.69 Å². The van der Waals surface area contributed by atoms with Gasteiger partial charge < -0.3 is 17.2 Å². The second-order valence-corrected chi connectivity index (χ2v) is 4.45. The van der Waals surface area contributed by atoms with Crippen LogP contribution in [0, 0.1) is 6.92 Å². The average Bonchev–Trinajstić information content (AvgIpc) is 2.40. The third-order valence-corrected chi connectivity index (χ3v) is 2.96. The van der Waals surface area contributed by atoms with Crippen molar-refractivity contribution in [3.63, 3.8) is 0 Å². The molecule has 6 N–H and O–H groups in total. The second-order valence-electron chi connectivity index (χ2n) is 4.45.